The predicted molar refractivity (Wildman–Crippen MR) is 82.0 cm³/mol. The van der Waals surface area contributed by atoms with Crippen LogP contribution in [-0.2, 0) is 6.42 Å². The number of benzene rings is 1. The number of pyridine rings is 1. The van der Waals surface area contributed by atoms with Crippen LogP contribution in [0.25, 0.3) is 0 Å². The molecule has 0 spiro atoms. The molecule has 2 aromatic rings. The first-order valence-corrected chi connectivity index (χ1v) is 7.12. The maximum atomic E-state index is 13.8. The van der Waals surface area contributed by atoms with Crippen molar-refractivity contribution in [1.29, 1.82) is 0 Å². The zero-order valence-corrected chi connectivity index (χ0v) is 12.7. The number of halogens is 1. The van der Waals surface area contributed by atoms with Crippen LogP contribution in [-0.4, -0.2) is 18.6 Å². The van der Waals surface area contributed by atoms with Crippen molar-refractivity contribution in [2.75, 3.05) is 13.7 Å². The Morgan fingerprint density at radius 3 is 2.76 bits per heavy atom. The van der Waals surface area contributed by atoms with Crippen molar-refractivity contribution in [3.05, 3.63) is 59.2 Å². The van der Waals surface area contributed by atoms with E-state index >= 15 is 0 Å². The fourth-order valence-corrected chi connectivity index (χ4v) is 2.45. The largest absolute Gasteiger partial charge is 0.494 e. The zero-order chi connectivity index (χ0) is 15.2. The molecule has 0 saturated carbocycles. The molecule has 2 rings (SSSR count). The number of nitrogens with one attached hydrogen (secondary N) is 1. The van der Waals surface area contributed by atoms with Gasteiger partial charge in [-0.05, 0) is 54.8 Å². The zero-order valence-electron chi connectivity index (χ0n) is 12.7. The van der Waals surface area contributed by atoms with Gasteiger partial charge in [0.2, 0.25) is 0 Å². The molecule has 4 heteroatoms. The fraction of sp³-hybridized carbons (Fsp3) is 0.353. The molecule has 0 radical (unpaired) electrons. The van der Waals surface area contributed by atoms with E-state index in [0.29, 0.717) is 6.42 Å². The molecular weight excluding hydrogens is 267 g/mol. The van der Waals surface area contributed by atoms with Gasteiger partial charge in [-0.2, -0.15) is 0 Å². The summed E-state index contributed by atoms with van der Waals surface area (Å²) in [7, 11) is 1.47. The van der Waals surface area contributed by atoms with Crippen LogP contribution in [0.1, 0.15) is 29.7 Å². The topological polar surface area (TPSA) is 34.1 Å². The maximum absolute atomic E-state index is 13.8. The van der Waals surface area contributed by atoms with E-state index in [1.54, 1.807) is 12.3 Å². The Bertz CT molecular complexity index is 601. The monoisotopic (exact) mass is 288 g/mol. The molecule has 0 amide bonds. The summed E-state index contributed by atoms with van der Waals surface area (Å²) in [6.07, 6.45) is 4.37. The minimum Gasteiger partial charge on any atom is -0.494 e. The second kappa shape index (κ2) is 7.18. The summed E-state index contributed by atoms with van der Waals surface area (Å²) in [4.78, 5) is 4.20. The highest BCUT2D eigenvalue weighted by Gasteiger charge is 2.15. The van der Waals surface area contributed by atoms with Crippen molar-refractivity contribution in [2.24, 2.45) is 0 Å². The number of rotatable bonds is 6. The molecule has 1 aromatic carbocycles. The van der Waals surface area contributed by atoms with Gasteiger partial charge in [0, 0.05) is 18.4 Å². The van der Waals surface area contributed by atoms with E-state index in [-0.39, 0.29) is 17.6 Å². The second-order valence-corrected chi connectivity index (χ2v) is 5.02. The van der Waals surface area contributed by atoms with E-state index in [2.05, 4.69) is 24.1 Å². The summed E-state index contributed by atoms with van der Waals surface area (Å²) < 4.78 is 18.8. The van der Waals surface area contributed by atoms with Crippen LogP contribution in [0.4, 0.5) is 4.39 Å². The number of aromatic nitrogens is 1. The molecule has 0 aliphatic rings. The lowest BCUT2D eigenvalue weighted by Crippen LogP contribution is -2.24. The van der Waals surface area contributed by atoms with Gasteiger partial charge < -0.3 is 10.1 Å². The quantitative estimate of drug-likeness (QED) is 0.884. The van der Waals surface area contributed by atoms with E-state index in [1.165, 1.54) is 18.7 Å². The molecule has 3 nitrogen and oxygen atoms in total. The molecule has 0 bridgehead atoms. The Morgan fingerprint density at radius 2 is 2.14 bits per heavy atom. The van der Waals surface area contributed by atoms with Crippen LogP contribution < -0.4 is 10.1 Å². The number of nitrogens with zero attached hydrogens (tertiary/aromatic N) is 1. The SMILES string of the molecule is CCNC(Cc1ccc(OC)c(F)c1)c1cnccc1C. The minimum absolute atomic E-state index is 0.122. The van der Waals surface area contributed by atoms with Gasteiger partial charge in [-0.25, -0.2) is 4.39 Å². The van der Waals surface area contributed by atoms with Gasteiger partial charge in [-0.3, -0.25) is 4.98 Å². The summed E-state index contributed by atoms with van der Waals surface area (Å²) in [5, 5.41) is 3.44. The lowest BCUT2D eigenvalue weighted by atomic mass is 9.97. The standard InChI is InChI=1S/C17H21FN2O/c1-4-20-16(14-11-19-8-7-12(14)2)10-13-5-6-17(21-3)15(18)9-13/h5-9,11,16,20H,4,10H2,1-3H3. The smallest absolute Gasteiger partial charge is 0.165 e. The van der Waals surface area contributed by atoms with Crippen molar-refractivity contribution >= 4 is 0 Å². The lowest BCUT2D eigenvalue weighted by molar-refractivity contribution is 0.386. The van der Waals surface area contributed by atoms with Crippen LogP contribution in [0.15, 0.2) is 36.7 Å². The summed E-state index contributed by atoms with van der Waals surface area (Å²) in [6.45, 7) is 4.97. The highest BCUT2D eigenvalue weighted by molar-refractivity contribution is 5.32. The Kier molecular flexibility index (Phi) is 5.28. The Hall–Kier alpha value is -1.94. The summed E-state index contributed by atoms with van der Waals surface area (Å²) in [5.41, 5.74) is 3.27. The van der Waals surface area contributed by atoms with Crippen molar-refractivity contribution in [2.45, 2.75) is 26.3 Å². The molecule has 0 aliphatic heterocycles. The molecule has 21 heavy (non-hydrogen) atoms. The van der Waals surface area contributed by atoms with Crippen molar-refractivity contribution in [3.8, 4) is 5.75 Å². The molecule has 0 saturated heterocycles. The highest BCUT2D eigenvalue weighted by Crippen LogP contribution is 2.24. The van der Waals surface area contributed by atoms with E-state index in [4.69, 9.17) is 4.74 Å². The third-order valence-electron chi connectivity index (χ3n) is 3.56. The summed E-state index contributed by atoms with van der Waals surface area (Å²) in [6, 6.07) is 7.22. The second-order valence-electron chi connectivity index (χ2n) is 5.02. The predicted octanol–water partition coefficient (Wildman–Crippen LogP) is 3.43. The lowest BCUT2D eigenvalue weighted by Gasteiger charge is -2.20. The van der Waals surface area contributed by atoms with E-state index in [1.807, 2.05) is 18.3 Å². The van der Waals surface area contributed by atoms with E-state index in [0.717, 1.165) is 17.7 Å². The summed E-state index contributed by atoms with van der Waals surface area (Å²) in [5.74, 6) is -0.0514. The molecule has 1 aromatic heterocycles. The molecular formula is C17H21FN2O. The van der Waals surface area contributed by atoms with Crippen LogP contribution in [0.3, 0.4) is 0 Å². The van der Waals surface area contributed by atoms with Gasteiger partial charge in [-0.1, -0.05) is 13.0 Å². The number of hydrogen-bond donors (Lipinski definition) is 1. The van der Waals surface area contributed by atoms with Crippen molar-refractivity contribution in [3.63, 3.8) is 0 Å². The summed E-state index contributed by atoms with van der Waals surface area (Å²) >= 11 is 0. The van der Waals surface area contributed by atoms with Crippen LogP contribution in [0, 0.1) is 12.7 Å². The number of methoxy groups -OCH3 is 1. The Morgan fingerprint density at radius 1 is 1.33 bits per heavy atom. The average Bonchev–Trinajstić information content (AvgIpc) is 2.47. The van der Waals surface area contributed by atoms with Crippen LogP contribution in [0.5, 0.6) is 5.75 Å². The van der Waals surface area contributed by atoms with Crippen LogP contribution >= 0.6 is 0 Å². The Balaban J connectivity index is 2.24. The van der Waals surface area contributed by atoms with Gasteiger partial charge in [-0.15, -0.1) is 0 Å². The molecule has 1 heterocycles. The maximum Gasteiger partial charge on any atom is 0.165 e. The Labute approximate surface area is 125 Å². The van der Waals surface area contributed by atoms with Crippen molar-refractivity contribution in [1.82, 2.24) is 10.3 Å². The number of hydrogen-bond acceptors (Lipinski definition) is 3. The minimum atomic E-state index is -0.326. The molecule has 0 aliphatic carbocycles. The molecule has 1 atom stereocenters. The third-order valence-corrected chi connectivity index (χ3v) is 3.56. The van der Waals surface area contributed by atoms with Crippen molar-refractivity contribution < 1.29 is 9.13 Å². The number of aryl methyl sites for hydroxylation is 1. The molecule has 1 N–H and O–H groups in total. The highest BCUT2D eigenvalue weighted by atomic mass is 19.1. The number of ether oxygens (including phenoxy) is 1. The van der Waals surface area contributed by atoms with Gasteiger partial charge in [0.25, 0.3) is 0 Å². The molecule has 1 unspecified atom stereocenters. The van der Waals surface area contributed by atoms with Gasteiger partial charge >= 0.3 is 0 Å². The van der Waals surface area contributed by atoms with Gasteiger partial charge in [0.1, 0.15) is 0 Å². The normalized spacial score (nSPS) is 12.2. The first-order chi connectivity index (χ1) is 10.2. The van der Waals surface area contributed by atoms with E-state index < -0.39 is 0 Å². The fourth-order valence-electron chi connectivity index (χ4n) is 2.45. The number of likely N-dealkylation sites (N-methyl/N-ethyl adjacent to an activating group) is 1. The van der Waals surface area contributed by atoms with E-state index in [9.17, 15) is 4.39 Å². The van der Waals surface area contributed by atoms with Gasteiger partial charge in [0.15, 0.2) is 11.6 Å². The average molecular weight is 288 g/mol. The third kappa shape index (κ3) is 3.79. The van der Waals surface area contributed by atoms with Crippen LogP contribution in [0.2, 0.25) is 0 Å². The van der Waals surface area contributed by atoms with Gasteiger partial charge in [0.05, 0.1) is 7.11 Å². The molecule has 112 valence electrons. The first kappa shape index (κ1) is 15.4. The molecule has 0 fully saturated rings. The first-order valence-electron chi connectivity index (χ1n) is 7.12.